The van der Waals surface area contributed by atoms with Crippen molar-refractivity contribution in [1.29, 1.82) is 0 Å². The highest BCUT2D eigenvalue weighted by atomic mass is 32.2. The minimum absolute atomic E-state index is 0.0988. The smallest absolute Gasteiger partial charge is 0.243 e. The quantitative estimate of drug-likeness (QED) is 0.618. The van der Waals surface area contributed by atoms with Gasteiger partial charge in [0, 0.05) is 45.0 Å². The van der Waals surface area contributed by atoms with E-state index in [0.717, 1.165) is 50.5 Å². The first-order valence-corrected chi connectivity index (χ1v) is 13.5. The van der Waals surface area contributed by atoms with E-state index in [-0.39, 0.29) is 16.8 Å². The molecule has 9 heteroatoms. The number of carbonyl (C=O) groups is 1. The van der Waals surface area contributed by atoms with Crippen LogP contribution in [0.5, 0.6) is 5.75 Å². The number of benzene rings is 2. The fourth-order valence-electron chi connectivity index (χ4n) is 4.55. The van der Waals surface area contributed by atoms with Crippen molar-refractivity contribution >= 4 is 27.3 Å². The number of rotatable bonds is 8. The summed E-state index contributed by atoms with van der Waals surface area (Å²) in [6.45, 7) is 8.81. The Bertz CT molecular complexity index is 1080. The summed E-state index contributed by atoms with van der Waals surface area (Å²) in [5.74, 6) is 0.790. The Hall–Kier alpha value is -2.62. The van der Waals surface area contributed by atoms with Gasteiger partial charge in [0.15, 0.2) is 0 Å². The Morgan fingerprint density at radius 3 is 2.26 bits per heavy atom. The van der Waals surface area contributed by atoms with E-state index in [1.54, 1.807) is 24.3 Å². The van der Waals surface area contributed by atoms with E-state index < -0.39 is 10.0 Å². The van der Waals surface area contributed by atoms with Crippen LogP contribution in [0.4, 0.5) is 11.4 Å². The molecule has 0 spiro atoms. The minimum atomic E-state index is -3.45. The Morgan fingerprint density at radius 2 is 1.62 bits per heavy atom. The SMILES string of the molecule is CCOc1ccccc1N1CCN([C@H](C)C(=O)Nc2ccc(S(=O)(=O)N3CCCC3)cc2)CC1. The van der Waals surface area contributed by atoms with Gasteiger partial charge in [-0.2, -0.15) is 4.31 Å². The third kappa shape index (κ3) is 5.37. The number of amides is 1. The number of hydrogen-bond donors (Lipinski definition) is 1. The highest BCUT2D eigenvalue weighted by molar-refractivity contribution is 7.89. The van der Waals surface area contributed by atoms with E-state index in [1.807, 2.05) is 32.0 Å². The summed E-state index contributed by atoms with van der Waals surface area (Å²) in [5.41, 5.74) is 1.69. The molecule has 4 rings (SSSR count). The Balaban J connectivity index is 1.32. The van der Waals surface area contributed by atoms with Gasteiger partial charge in [-0.05, 0) is 63.1 Å². The van der Waals surface area contributed by atoms with Gasteiger partial charge in [0.25, 0.3) is 0 Å². The number of ether oxygens (including phenoxy) is 1. The maximum Gasteiger partial charge on any atom is 0.243 e. The first-order chi connectivity index (χ1) is 16.4. The van der Waals surface area contributed by atoms with Crippen LogP contribution in [0.15, 0.2) is 53.4 Å². The van der Waals surface area contributed by atoms with Gasteiger partial charge in [-0.1, -0.05) is 12.1 Å². The summed E-state index contributed by atoms with van der Waals surface area (Å²) < 4.78 is 32.7. The van der Waals surface area contributed by atoms with Gasteiger partial charge in [0.1, 0.15) is 5.75 Å². The largest absolute Gasteiger partial charge is 0.492 e. The fourth-order valence-corrected chi connectivity index (χ4v) is 6.06. The zero-order valence-corrected chi connectivity index (χ0v) is 20.8. The lowest BCUT2D eigenvalue weighted by Crippen LogP contribution is -2.52. The predicted octanol–water partition coefficient (Wildman–Crippen LogP) is 3.02. The Labute approximate surface area is 202 Å². The first-order valence-electron chi connectivity index (χ1n) is 12.0. The maximum atomic E-state index is 12.9. The van der Waals surface area contributed by atoms with Crippen molar-refractivity contribution in [2.75, 3.05) is 56.1 Å². The van der Waals surface area contributed by atoms with Crippen LogP contribution in [0.1, 0.15) is 26.7 Å². The van der Waals surface area contributed by atoms with Crippen LogP contribution >= 0.6 is 0 Å². The zero-order valence-electron chi connectivity index (χ0n) is 19.9. The lowest BCUT2D eigenvalue weighted by molar-refractivity contribution is -0.120. The highest BCUT2D eigenvalue weighted by Gasteiger charge is 2.28. The van der Waals surface area contributed by atoms with Gasteiger partial charge in [-0.15, -0.1) is 0 Å². The van der Waals surface area contributed by atoms with Gasteiger partial charge >= 0.3 is 0 Å². The molecule has 8 nitrogen and oxygen atoms in total. The van der Waals surface area contributed by atoms with Crippen molar-refractivity contribution in [3.8, 4) is 5.75 Å². The Morgan fingerprint density at radius 1 is 0.971 bits per heavy atom. The molecule has 0 bridgehead atoms. The molecule has 34 heavy (non-hydrogen) atoms. The molecule has 1 amide bonds. The number of sulfonamides is 1. The molecule has 0 radical (unpaired) electrons. The summed E-state index contributed by atoms with van der Waals surface area (Å²) in [5, 5.41) is 2.93. The maximum absolute atomic E-state index is 12.9. The summed E-state index contributed by atoms with van der Waals surface area (Å²) >= 11 is 0. The number of nitrogens with zero attached hydrogens (tertiary/aromatic N) is 3. The number of para-hydroxylation sites is 2. The summed E-state index contributed by atoms with van der Waals surface area (Å²) in [7, 11) is -3.45. The second-order valence-corrected chi connectivity index (χ2v) is 10.7. The van der Waals surface area contributed by atoms with Gasteiger partial charge in [-0.3, -0.25) is 9.69 Å². The molecular weight excluding hydrogens is 452 g/mol. The molecule has 2 heterocycles. The molecule has 0 aromatic heterocycles. The summed E-state index contributed by atoms with van der Waals surface area (Å²) in [6, 6.07) is 14.2. The van der Waals surface area contributed by atoms with E-state index in [2.05, 4.69) is 21.2 Å². The second kappa shape index (κ2) is 10.8. The first kappa shape index (κ1) is 24.5. The molecule has 1 N–H and O–H groups in total. The van der Waals surface area contributed by atoms with Crippen molar-refractivity contribution in [3.63, 3.8) is 0 Å². The number of piperazine rings is 1. The third-order valence-corrected chi connectivity index (χ3v) is 8.48. The topological polar surface area (TPSA) is 82.2 Å². The van der Waals surface area contributed by atoms with Gasteiger partial charge in [-0.25, -0.2) is 8.42 Å². The van der Waals surface area contributed by atoms with Crippen LogP contribution in [0.3, 0.4) is 0 Å². The Kier molecular flexibility index (Phi) is 7.75. The zero-order chi connectivity index (χ0) is 24.1. The van der Waals surface area contributed by atoms with Crippen molar-refractivity contribution < 1.29 is 17.9 Å². The number of anilines is 2. The normalized spacial score (nSPS) is 18.6. The molecular formula is C25H34N4O4S. The number of carbonyl (C=O) groups excluding carboxylic acids is 1. The van der Waals surface area contributed by atoms with Gasteiger partial charge in [0.05, 0.1) is 23.2 Å². The number of nitrogens with one attached hydrogen (secondary N) is 1. The summed E-state index contributed by atoms with van der Waals surface area (Å²) in [4.78, 5) is 17.6. The lowest BCUT2D eigenvalue weighted by atomic mass is 10.2. The second-order valence-electron chi connectivity index (χ2n) is 8.72. The molecule has 2 saturated heterocycles. The predicted molar refractivity (Wildman–Crippen MR) is 134 cm³/mol. The van der Waals surface area contributed by atoms with Crippen molar-refractivity contribution in [2.45, 2.75) is 37.6 Å². The molecule has 2 aliphatic heterocycles. The van der Waals surface area contributed by atoms with E-state index in [9.17, 15) is 13.2 Å². The molecule has 184 valence electrons. The molecule has 0 unspecified atom stereocenters. The van der Waals surface area contributed by atoms with Crippen LogP contribution in [0.25, 0.3) is 0 Å². The molecule has 2 aromatic rings. The van der Waals surface area contributed by atoms with E-state index >= 15 is 0 Å². The molecule has 2 aliphatic rings. The average molecular weight is 487 g/mol. The molecule has 1 atom stereocenters. The molecule has 0 aliphatic carbocycles. The van der Waals surface area contributed by atoms with Crippen LogP contribution in [-0.2, 0) is 14.8 Å². The van der Waals surface area contributed by atoms with E-state index in [4.69, 9.17) is 4.74 Å². The minimum Gasteiger partial charge on any atom is -0.492 e. The van der Waals surface area contributed by atoms with Gasteiger partial charge in [0.2, 0.25) is 15.9 Å². The molecule has 2 aromatic carbocycles. The van der Waals surface area contributed by atoms with Crippen LogP contribution in [-0.4, -0.2) is 75.4 Å². The van der Waals surface area contributed by atoms with E-state index in [0.29, 0.717) is 25.4 Å². The molecule has 2 fully saturated rings. The highest BCUT2D eigenvalue weighted by Crippen LogP contribution is 2.29. The summed E-state index contributed by atoms with van der Waals surface area (Å²) in [6.07, 6.45) is 1.80. The van der Waals surface area contributed by atoms with Crippen molar-refractivity contribution in [2.24, 2.45) is 0 Å². The monoisotopic (exact) mass is 486 g/mol. The van der Waals surface area contributed by atoms with Gasteiger partial charge < -0.3 is 15.0 Å². The van der Waals surface area contributed by atoms with Crippen LogP contribution in [0, 0.1) is 0 Å². The third-order valence-electron chi connectivity index (χ3n) is 6.57. The lowest BCUT2D eigenvalue weighted by Gasteiger charge is -2.39. The number of hydrogen-bond acceptors (Lipinski definition) is 6. The van der Waals surface area contributed by atoms with Crippen LogP contribution < -0.4 is 15.0 Å². The van der Waals surface area contributed by atoms with E-state index in [1.165, 1.54) is 4.31 Å². The average Bonchev–Trinajstić information content (AvgIpc) is 3.41. The standard InChI is InChI=1S/C25H34N4O4S/c1-3-33-24-9-5-4-8-23(24)28-18-16-27(17-19-28)20(2)25(30)26-21-10-12-22(13-11-21)34(31,32)29-14-6-7-15-29/h4-5,8-13,20H,3,6-7,14-19H2,1-2H3,(H,26,30)/t20-/m1/s1. The van der Waals surface area contributed by atoms with Crippen molar-refractivity contribution in [1.82, 2.24) is 9.21 Å². The van der Waals surface area contributed by atoms with Crippen molar-refractivity contribution in [3.05, 3.63) is 48.5 Å². The van der Waals surface area contributed by atoms with Crippen LogP contribution in [0.2, 0.25) is 0 Å². The molecule has 0 saturated carbocycles. The fraction of sp³-hybridized carbons (Fsp3) is 0.480.